The van der Waals surface area contributed by atoms with Gasteiger partial charge in [0.1, 0.15) is 0 Å². The molecule has 1 heterocycles. The van der Waals surface area contributed by atoms with E-state index >= 15 is 0 Å². The minimum absolute atomic E-state index is 0.343. The summed E-state index contributed by atoms with van der Waals surface area (Å²) < 4.78 is 1.65. The van der Waals surface area contributed by atoms with Gasteiger partial charge in [0.25, 0.3) is 0 Å². The molecule has 1 rings (SSSR count). The lowest BCUT2D eigenvalue weighted by molar-refractivity contribution is -0.142. The van der Waals surface area contributed by atoms with Crippen LogP contribution >= 0.6 is 0 Å². The first kappa shape index (κ1) is 15.6. The molecule has 6 nitrogen and oxygen atoms in total. The van der Waals surface area contributed by atoms with Gasteiger partial charge in [-0.2, -0.15) is 0 Å². The molecule has 6 heteroatoms. The molecule has 108 valence electrons. The number of hydrogen-bond acceptors (Lipinski definition) is 4. The van der Waals surface area contributed by atoms with E-state index in [4.69, 9.17) is 0 Å². The maximum Gasteiger partial charge on any atom is 0.308 e. The zero-order valence-corrected chi connectivity index (χ0v) is 12.2. The Balaban J connectivity index is 2.74. The van der Waals surface area contributed by atoms with Gasteiger partial charge in [0.05, 0.1) is 12.5 Å². The van der Waals surface area contributed by atoms with E-state index in [1.165, 1.54) is 0 Å². The van der Waals surface area contributed by atoms with Gasteiger partial charge < -0.3 is 5.11 Å². The monoisotopic (exact) mass is 268 g/mol. The van der Waals surface area contributed by atoms with E-state index in [2.05, 4.69) is 29.4 Å². The summed E-state index contributed by atoms with van der Waals surface area (Å²) in [5.74, 6) is 0.413. The summed E-state index contributed by atoms with van der Waals surface area (Å²) in [4.78, 5) is 11.3. The Kier molecular flexibility index (Phi) is 5.92. The zero-order chi connectivity index (χ0) is 14.4. The molecule has 19 heavy (non-hydrogen) atoms. The molecule has 0 bridgehead atoms. The summed E-state index contributed by atoms with van der Waals surface area (Å²) in [5, 5.41) is 20.9. The van der Waals surface area contributed by atoms with Gasteiger partial charge in [0, 0.05) is 6.42 Å². The average Bonchev–Trinajstić information content (AvgIpc) is 2.74. The van der Waals surface area contributed by atoms with Crippen LogP contribution in [-0.4, -0.2) is 31.3 Å². The van der Waals surface area contributed by atoms with Gasteiger partial charge >= 0.3 is 5.97 Å². The van der Waals surface area contributed by atoms with Crippen LogP contribution < -0.4 is 0 Å². The third-order valence-electron chi connectivity index (χ3n) is 3.33. The summed E-state index contributed by atoms with van der Waals surface area (Å²) in [7, 11) is 0. The van der Waals surface area contributed by atoms with Crippen molar-refractivity contribution in [1.29, 1.82) is 0 Å². The van der Waals surface area contributed by atoms with Gasteiger partial charge in [-0.05, 0) is 28.7 Å². The molecule has 0 radical (unpaired) electrons. The molecule has 0 aliphatic carbocycles. The molecule has 1 aromatic rings. The number of carbonyl (C=O) groups is 1. The van der Waals surface area contributed by atoms with Gasteiger partial charge in [-0.15, -0.1) is 5.10 Å². The smallest absolute Gasteiger partial charge is 0.308 e. The van der Waals surface area contributed by atoms with Crippen LogP contribution in [0, 0.1) is 17.8 Å². The highest BCUT2D eigenvalue weighted by Crippen LogP contribution is 2.16. The second kappa shape index (κ2) is 7.21. The Morgan fingerprint density at radius 3 is 2.58 bits per heavy atom. The zero-order valence-electron chi connectivity index (χ0n) is 12.2. The van der Waals surface area contributed by atoms with Gasteiger partial charge in [-0.25, -0.2) is 4.68 Å². The van der Waals surface area contributed by atoms with E-state index in [0.29, 0.717) is 24.8 Å². The summed E-state index contributed by atoms with van der Waals surface area (Å²) >= 11 is 0. The van der Waals surface area contributed by atoms with Crippen molar-refractivity contribution in [2.45, 2.75) is 53.5 Å². The summed E-state index contributed by atoms with van der Waals surface area (Å²) in [5.41, 5.74) is 0. The summed E-state index contributed by atoms with van der Waals surface area (Å²) in [6.45, 7) is 8.66. The van der Waals surface area contributed by atoms with Crippen LogP contribution in [0.5, 0.6) is 0 Å². The Bertz CT molecular complexity index is 403. The molecule has 1 N–H and O–H groups in total. The van der Waals surface area contributed by atoms with Crippen molar-refractivity contribution in [2.24, 2.45) is 17.8 Å². The van der Waals surface area contributed by atoms with Crippen LogP contribution in [-0.2, 0) is 17.8 Å². The topological polar surface area (TPSA) is 80.9 Å². The maximum atomic E-state index is 11.3. The Hall–Kier alpha value is -1.46. The van der Waals surface area contributed by atoms with Gasteiger partial charge in [0.2, 0.25) is 0 Å². The van der Waals surface area contributed by atoms with Crippen LogP contribution in [0.15, 0.2) is 0 Å². The highest BCUT2D eigenvalue weighted by Gasteiger charge is 2.22. The van der Waals surface area contributed by atoms with E-state index < -0.39 is 11.9 Å². The fourth-order valence-corrected chi connectivity index (χ4v) is 2.00. The molecular weight excluding hydrogens is 244 g/mol. The third-order valence-corrected chi connectivity index (χ3v) is 3.33. The summed E-state index contributed by atoms with van der Waals surface area (Å²) in [6, 6.07) is 0. The van der Waals surface area contributed by atoms with E-state index in [0.717, 1.165) is 18.7 Å². The average molecular weight is 268 g/mol. The lowest BCUT2D eigenvalue weighted by Crippen LogP contribution is -2.24. The van der Waals surface area contributed by atoms with Gasteiger partial charge in [0.15, 0.2) is 5.82 Å². The predicted molar refractivity (Wildman–Crippen MR) is 71.6 cm³/mol. The molecule has 0 saturated heterocycles. The van der Waals surface area contributed by atoms with E-state index in [9.17, 15) is 9.90 Å². The fourth-order valence-electron chi connectivity index (χ4n) is 2.00. The van der Waals surface area contributed by atoms with Crippen LogP contribution in [0.2, 0.25) is 0 Å². The van der Waals surface area contributed by atoms with Crippen molar-refractivity contribution in [3.63, 3.8) is 0 Å². The molecule has 0 aliphatic rings. The fraction of sp³-hybridized carbons (Fsp3) is 0.846. The van der Waals surface area contributed by atoms with Crippen LogP contribution in [0.3, 0.4) is 0 Å². The van der Waals surface area contributed by atoms with E-state index in [1.807, 2.05) is 13.8 Å². The first-order valence-corrected chi connectivity index (χ1v) is 6.91. The third kappa shape index (κ3) is 4.96. The number of rotatable bonds is 8. The quantitative estimate of drug-likeness (QED) is 0.780. The minimum atomic E-state index is -0.779. The normalized spacial score (nSPS) is 14.6. The number of carboxylic acid groups (broad SMARTS) is 1. The van der Waals surface area contributed by atoms with Crippen molar-refractivity contribution in [3.05, 3.63) is 5.82 Å². The van der Waals surface area contributed by atoms with Crippen LogP contribution in [0.1, 0.15) is 46.4 Å². The predicted octanol–water partition coefficient (Wildman–Crippen LogP) is 2.01. The standard InChI is InChI=1S/C13H24N4O2/c1-5-10(4)7-12-14-15-16-17(12)8-11(13(18)19)6-9(2)3/h9-11H,5-8H2,1-4H3,(H,18,19). The Morgan fingerprint density at radius 1 is 1.37 bits per heavy atom. The molecule has 0 fully saturated rings. The van der Waals surface area contributed by atoms with Crippen LogP contribution in [0.25, 0.3) is 0 Å². The molecule has 0 amide bonds. The van der Waals surface area contributed by atoms with Crippen molar-refractivity contribution in [2.75, 3.05) is 0 Å². The van der Waals surface area contributed by atoms with Crippen molar-refractivity contribution in [1.82, 2.24) is 20.2 Å². The number of hydrogen-bond donors (Lipinski definition) is 1. The van der Waals surface area contributed by atoms with Crippen molar-refractivity contribution >= 4 is 5.97 Å². The lowest BCUT2D eigenvalue weighted by Gasteiger charge is -2.15. The maximum absolute atomic E-state index is 11.3. The number of carboxylic acids is 1. The number of aromatic nitrogens is 4. The van der Waals surface area contributed by atoms with E-state index in [1.54, 1.807) is 4.68 Å². The largest absolute Gasteiger partial charge is 0.481 e. The molecule has 2 atom stereocenters. The number of aliphatic carboxylic acids is 1. The van der Waals surface area contributed by atoms with Gasteiger partial charge in [-0.3, -0.25) is 4.79 Å². The Labute approximate surface area is 114 Å². The molecule has 0 aromatic carbocycles. The highest BCUT2D eigenvalue weighted by molar-refractivity contribution is 5.69. The molecule has 0 aliphatic heterocycles. The van der Waals surface area contributed by atoms with Crippen LogP contribution in [0.4, 0.5) is 0 Å². The Morgan fingerprint density at radius 2 is 2.05 bits per heavy atom. The van der Waals surface area contributed by atoms with Crippen molar-refractivity contribution < 1.29 is 9.90 Å². The summed E-state index contributed by atoms with van der Waals surface area (Å²) in [6.07, 6.45) is 2.48. The highest BCUT2D eigenvalue weighted by atomic mass is 16.4. The molecular formula is C13H24N4O2. The van der Waals surface area contributed by atoms with Crippen molar-refractivity contribution in [3.8, 4) is 0 Å². The molecule has 0 saturated carbocycles. The number of tetrazole rings is 1. The molecule has 0 spiro atoms. The lowest BCUT2D eigenvalue weighted by atomic mass is 9.97. The molecule has 2 unspecified atom stereocenters. The molecule has 1 aromatic heterocycles. The second-order valence-electron chi connectivity index (χ2n) is 5.66. The first-order chi connectivity index (χ1) is 8.93. The second-order valence-corrected chi connectivity index (χ2v) is 5.66. The number of nitrogens with zero attached hydrogens (tertiary/aromatic N) is 4. The first-order valence-electron chi connectivity index (χ1n) is 6.91. The minimum Gasteiger partial charge on any atom is -0.481 e. The van der Waals surface area contributed by atoms with E-state index in [-0.39, 0.29) is 0 Å². The van der Waals surface area contributed by atoms with Gasteiger partial charge in [-0.1, -0.05) is 34.1 Å². The SMILES string of the molecule is CCC(C)Cc1nnnn1CC(CC(C)C)C(=O)O.